The highest BCUT2D eigenvalue weighted by atomic mass is 16.2. The van der Waals surface area contributed by atoms with E-state index in [2.05, 4.69) is 32.5 Å². The molecular weight excluding hydrogens is 332 g/mol. The van der Waals surface area contributed by atoms with E-state index in [1.807, 2.05) is 0 Å². The lowest BCUT2D eigenvalue weighted by atomic mass is 10.0. The molecule has 1 unspecified atom stereocenters. The highest BCUT2D eigenvalue weighted by molar-refractivity contribution is 6.39. The zero-order valence-electron chi connectivity index (χ0n) is 14.9. The Morgan fingerprint density at radius 1 is 1.19 bits per heavy atom. The SMILES string of the molecule is CC1CCCCN1CCNC(=O)C(=O)Nc1ccc(-n2cncn2)cc1. The Morgan fingerprint density at radius 2 is 2.00 bits per heavy atom. The van der Waals surface area contributed by atoms with Gasteiger partial charge in [-0.3, -0.25) is 14.5 Å². The summed E-state index contributed by atoms with van der Waals surface area (Å²) in [7, 11) is 0. The van der Waals surface area contributed by atoms with E-state index in [1.165, 1.54) is 25.6 Å². The van der Waals surface area contributed by atoms with Crippen molar-refractivity contribution in [1.29, 1.82) is 0 Å². The molecule has 8 nitrogen and oxygen atoms in total. The van der Waals surface area contributed by atoms with Gasteiger partial charge in [0.05, 0.1) is 5.69 Å². The third-order valence-corrected chi connectivity index (χ3v) is 4.64. The summed E-state index contributed by atoms with van der Waals surface area (Å²) in [5.41, 5.74) is 1.37. The molecule has 1 aromatic heterocycles. The van der Waals surface area contributed by atoms with Gasteiger partial charge in [0, 0.05) is 24.8 Å². The molecule has 0 spiro atoms. The van der Waals surface area contributed by atoms with Crippen molar-refractivity contribution >= 4 is 17.5 Å². The molecule has 1 saturated heterocycles. The number of nitrogens with one attached hydrogen (secondary N) is 2. The summed E-state index contributed by atoms with van der Waals surface area (Å²) < 4.78 is 1.61. The summed E-state index contributed by atoms with van der Waals surface area (Å²) in [6, 6.07) is 7.56. The molecule has 2 amide bonds. The largest absolute Gasteiger partial charge is 0.347 e. The van der Waals surface area contributed by atoms with Crippen molar-refractivity contribution in [2.24, 2.45) is 0 Å². The topological polar surface area (TPSA) is 92.2 Å². The Bertz CT molecular complexity index is 729. The van der Waals surface area contributed by atoms with Crippen molar-refractivity contribution in [2.45, 2.75) is 32.2 Å². The van der Waals surface area contributed by atoms with Crippen molar-refractivity contribution in [2.75, 3.05) is 25.0 Å². The smallest absolute Gasteiger partial charge is 0.313 e. The second kappa shape index (κ2) is 8.57. The maximum absolute atomic E-state index is 12.0. The Balaban J connectivity index is 1.44. The molecule has 1 fully saturated rings. The van der Waals surface area contributed by atoms with Crippen LogP contribution in [0.3, 0.4) is 0 Å². The van der Waals surface area contributed by atoms with Gasteiger partial charge in [0.15, 0.2) is 0 Å². The lowest BCUT2D eigenvalue weighted by molar-refractivity contribution is -0.136. The lowest BCUT2D eigenvalue weighted by Crippen LogP contribution is -2.44. The quantitative estimate of drug-likeness (QED) is 0.786. The van der Waals surface area contributed by atoms with Crippen LogP contribution in [0.25, 0.3) is 5.69 Å². The normalized spacial score (nSPS) is 17.7. The molecule has 26 heavy (non-hydrogen) atoms. The average molecular weight is 356 g/mol. The molecule has 2 heterocycles. The summed E-state index contributed by atoms with van der Waals surface area (Å²) in [6.45, 7) is 4.51. The number of carbonyl (C=O) groups excluding carboxylic acids is 2. The van der Waals surface area contributed by atoms with E-state index in [1.54, 1.807) is 35.3 Å². The molecule has 8 heteroatoms. The zero-order valence-corrected chi connectivity index (χ0v) is 14.9. The Labute approximate surface area is 152 Å². The molecule has 1 aliphatic heterocycles. The van der Waals surface area contributed by atoms with E-state index >= 15 is 0 Å². The minimum absolute atomic E-state index is 0.474. The zero-order chi connectivity index (χ0) is 18.4. The van der Waals surface area contributed by atoms with Crippen LogP contribution in [-0.2, 0) is 9.59 Å². The van der Waals surface area contributed by atoms with Gasteiger partial charge in [0.25, 0.3) is 0 Å². The third kappa shape index (κ3) is 4.66. The van der Waals surface area contributed by atoms with Gasteiger partial charge in [-0.15, -0.1) is 0 Å². The van der Waals surface area contributed by atoms with E-state index < -0.39 is 11.8 Å². The van der Waals surface area contributed by atoms with Gasteiger partial charge in [-0.05, 0) is 50.6 Å². The highest BCUT2D eigenvalue weighted by Crippen LogP contribution is 2.15. The molecule has 1 atom stereocenters. The Hall–Kier alpha value is -2.74. The van der Waals surface area contributed by atoms with Gasteiger partial charge < -0.3 is 10.6 Å². The number of hydrogen-bond donors (Lipinski definition) is 2. The summed E-state index contributed by atoms with van der Waals surface area (Å²) in [4.78, 5) is 30.2. The second-order valence-corrected chi connectivity index (χ2v) is 6.48. The fourth-order valence-electron chi connectivity index (χ4n) is 3.11. The monoisotopic (exact) mass is 356 g/mol. The number of likely N-dealkylation sites (tertiary alicyclic amines) is 1. The van der Waals surface area contributed by atoms with Crippen molar-refractivity contribution < 1.29 is 9.59 Å². The van der Waals surface area contributed by atoms with Crippen LogP contribution in [0.2, 0.25) is 0 Å². The molecule has 2 N–H and O–H groups in total. The number of benzene rings is 1. The number of anilines is 1. The van der Waals surface area contributed by atoms with Crippen molar-refractivity contribution in [3.05, 3.63) is 36.9 Å². The summed E-state index contributed by atoms with van der Waals surface area (Å²) in [6.07, 6.45) is 6.69. The fraction of sp³-hybridized carbons (Fsp3) is 0.444. The number of rotatable bonds is 5. The lowest BCUT2D eigenvalue weighted by Gasteiger charge is -2.33. The summed E-state index contributed by atoms with van der Waals surface area (Å²) in [5, 5.41) is 9.32. The van der Waals surface area contributed by atoms with Gasteiger partial charge in [-0.1, -0.05) is 6.42 Å². The van der Waals surface area contributed by atoms with Crippen molar-refractivity contribution in [3.63, 3.8) is 0 Å². The number of aromatic nitrogens is 3. The maximum atomic E-state index is 12.0. The molecule has 3 rings (SSSR count). The molecule has 1 aromatic carbocycles. The van der Waals surface area contributed by atoms with Crippen LogP contribution in [0.15, 0.2) is 36.9 Å². The third-order valence-electron chi connectivity index (χ3n) is 4.64. The maximum Gasteiger partial charge on any atom is 0.313 e. The van der Waals surface area contributed by atoms with Crippen LogP contribution < -0.4 is 10.6 Å². The molecule has 138 valence electrons. The predicted molar refractivity (Wildman–Crippen MR) is 97.9 cm³/mol. The minimum Gasteiger partial charge on any atom is -0.347 e. The first-order chi connectivity index (χ1) is 12.6. The van der Waals surface area contributed by atoms with Crippen LogP contribution in [0.4, 0.5) is 5.69 Å². The van der Waals surface area contributed by atoms with E-state index in [9.17, 15) is 9.59 Å². The van der Waals surface area contributed by atoms with Crippen LogP contribution >= 0.6 is 0 Å². The van der Waals surface area contributed by atoms with Crippen LogP contribution in [-0.4, -0.2) is 57.2 Å². The Morgan fingerprint density at radius 3 is 2.69 bits per heavy atom. The molecule has 0 bridgehead atoms. The first kappa shape index (κ1) is 18.1. The predicted octanol–water partition coefficient (Wildman–Crippen LogP) is 1.20. The molecule has 1 aliphatic rings. The van der Waals surface area contributed by atoms with E-state index in [4.69, 9.17) is 0 Å². The van der Waals surface area contributed by atoms with E-state index in [0.29, 0.717) is 18.3 Å². The van der Waals surface area contributed by atoms with Crippen LogP contribution in [0.5, 0.6) is 0 Å². The van der Waals surface area contributed by atoms with Crippen LogP contribution in [0, 0.1) is 0 Å². The van der Waals surface area contributed by atoms with Gasteiger partial charge in [0.2, 0.25) is 0 Å². The van der Waals surface area contributed by atoms with Crippen molar-refractivity contribution in [1.82, 2.24) is 25.0 Å². The van der Waals surface area contributed by atoms with E-state index in [-0.39, 0.29) is 0 Å². The van der Waals surface area contributed by atoms with Gasteiger partial charge in [0.1, 0.15) is 12.7 Å². The number of carbonyl (C=O) groups is 2. The molecular formula is C18H24N6O2. The summed E-state index contributed by atoms with van der Waals surface area (Å²) >= 11 is 0. The van der Waals surface area contributed by atoms with Crippen LogP contribution in [0.1, 0.15) is 26.2 Å². The molecule has 0 aliphatic carbocycles. The highest BCUT2D eigenvalue weighted by Gasteiger charge is 2.19. The molecule has 2 aromatic rings. The van der Waals surface area contributed by atoms with Gasteiger partial charge in [-0.25, -0.2) is 9.67 Å². The first-order valence-electron chi connectivity index (χ1n) is 8.92. The minimum atomic E-state index is -0.662. The van der Waals surface area contributed by atoms with Crippen molar-refractivity contribution in [3.8, 4) is 5.69 Å². The standard InChI is InChI=1S/C18H24N6O2/c1-14-4-2-3-10-23(14)11-9-20-17(25)18(26)22-15-5-7-16(8-6-15)24-13-19-12-21-24/h5-8,12-14H,2-4,9-11H2,1H3,(H,20,25)(H,22,26). The number of amides is 2. The van der Waals surface area contributed by atoms with Gasteiger partial charge >= 0.3 is 11.8 Å². The molecule has 0 saturated carbocycles. The fourth-order valence-corrected chi connectivity index (χ4v) is 3.11. The first-order valence-corrected chi connectivity index (χ1v) is 8.92. The second-order valence-electron chi connectivity index (χ2n) is 6.48. The number of hydrogen-bond acceptors (Lipinski definition) is 5. The molecule has 0 radical (unpaired) electrons. The number of nitrogens with zero attached hydrogens (tertiary/aromatic N) is 4. The summed E-state index contributed by atoms with van der Waals surface area (Å²) in [5.74, 6) is -1.28. The number of piperidine rings is 1. The van der Waals surface area contributed by atoms with Gasteiger partial charge in [-0.2, -0.15) is 5.10 Å². The average Bonchev–Trinajstić information content (AvgIpc) is 3.18. The van der Waals surface area contributed by atoms with E-state index in [0.717, 1.165) is 18.8 Å². The Kier molecular flexibility index (Phi) is 5.96.